The summed E-state index contributed by atoms with van der Waals surface area (Å²) in [6.07, 6.45) is 3.32. The van der Waals surface area contributed by atoms with Gasteiger partial charge in [-0.15, -0.1) is 0 Å². The molecule has 0 bridgehead atoms. The van der Waals surface area contributed by atoms with Gasteiger partial charge in [-0.2, -0.15) is 0 Å². The molecule has 24 heavy (non-hydrogen) atoms. The lowest BCUT2D eigenvalue weighted by atomic mass is 9.91. The number of carbonyl (C=O) groups is 2. The van der Waals surface area contributed by atoms with Crippen LogP contribution in [0.2, 0.25) is 0 Å². The number of hydrogen-bond acceptors (Lipinski definition) is 3. The number of nitrogens with zero attached hydrogens (tertiary/aromatic N) is 1. The lowest BCUT2D eigenvalue weighted by Crippen LogP contribution is -2.48. The van der Waals surface area contributed by atoms with Gasteiger partial charge in [-0.1, -0.05) is 0 Å². The van der Waals surface area contributed by atoms with Gasteiger partial charge in [0.2, 0.25) is 0 Å². The first-order valence-corrected chi connectivity index (χ1v) is 8.60. The van der Waals surface area contributed by atoms with Crippen LogP contribution < -0.4 is 5.32 Å². The smallest absolute Gasteiger partial charge is 0.407 e. The van der Waals surface area contributed by atoms with Gasteiger partial charge >= 0.3 is 6.09 Å². The molecular formula is C18H29N3O3. The van der Waals surface area contributed by atoms with Crippen LogP contribution in [0.4, 0.5) is 4.79 Å². The van der Waals surface area contributed by atoms with Crippen molar-refractivity contribution in [1.29, 1.82) is 0 Å². The van der Waals surface area contributed by atoms with E-state index in [9.17, 15) is 9.59 Å². The number of aromatic nitrogens is 1. The third kappa shape index (κ3) is 4.76. The summed E-state index contributed by atoms with van der Waals surface area (Å²) >= 11 is 0. The van der Waals surface area contributed by atoms with Crippen LogP contribution in [0.1, 0.15) is 56.6 Å². The Balaban J connectivity index is 1.94. The number of piperidine rings is 1. The van der Waals surface area contributed by atoms with E-state index in [2.05, 4.69) is 10.3 Å². The van der Waals surface area contributed by atoms with Gasteiger partial charge in [0.1, 0.15) is 5.60 Å². The SMILES string of the molecule is Cc1[nH]ccc1C(=O)N1CCC[C@H]([C@@H](C)NC(=O)OC(C)(C)C)C1. The predicted molar refractivity (Wildman–Crippen MR) is 93.0 cm³/mol. The van der Waals surface area contributed by atoms with Crippen LogP contribution in [-0.4, -0.2) is 46.6 Å². The molecule has 0 radical (unpaired) electrons. The number of rotatable bonds is 3. The van der Waals surface area contributed by atoms with Crippen molar-refractivity contribution in [1.82, 2.24) is 15.2 Å². The van der Waals surface area contributed by atoms with Crippen LogP contribution in [-0.2, 0) is 4.74 Å². The molecule has 2 N–H and O–H groups in total. The zero-order valence-electron chi connectivity index (χ0n) is 15.3. The summed E-state index contributed by atoms with van der Waals surface area (Å²) in [5, 5.41) is 2.91. The van der Waals surface area contributed by atoms with Crippen molar-refractivity contribution in [3.8, 4) is 0 Å². The molecule has 1 aliphatic rings. The van der Waals surface area contributed by atoms with E-state index in [-0.39, 0.29) is 17.9 Å². The highest BCUT2D eigenvalue weighted by Gasteiger charge is 2.30. The van der Waals surface area contributed by atoms with E-state index >= 15 is 0 Å². The Hall–Kier alpha value is -1.98. The summed E-state index contributed by atoms with van der Waals surface area (Å²) in [6.45, 7) is 10.8. The molecule has 2 amide bonds. The number of alkyl carbamates (subject to hydrolysis) is 1. The molecule has 1 aliphatic heterocycles. The second-order valence-corrected chi connectivity index (χ2v) is 7.60. The molecule has 6 heteroatoms. The largest absolute Gasteiger partial charge is 0.444 e. The molecule has 0 unspecified atom stereocenters. The number of amides is 2. The number of ether oxygens (including phenoxy) is 1. The van der Waals surface area contributed by atoms with Crippen molar-refractivity contribution in [2.75, 3.05) is 13.1 Å². The third-order valence-corrected chi connectivity index (χ3v) is 4.38. The van der Waals surface area contributed by atoms with Gasteiger partial charge in [0.25, 0.3) is 5.91 Å². The Bertz CT molecular complexity index is 589. The second-order valence-electron chi connectivity index (χ2n) is 7.60. The maximum absolute atomic E-state index is 12.7. The topological polar surface area (TPSA) is 74.4 Å². The summed E-state index contributed by atoms with van der Waals surface area (Å²) in [4.78, 5) is 29.5. The van der Waals surface area contributed by atoms with Crippen molar-refractivity contribution in [2.24, 2.45) is 5.92 Å². The predicted octanol–water partition coefficient (Wildman–Crippen LogP) is 3.09. The number of hydrogen-bond donors (Lipinski definition) is 2. The van der Waals surface area contributed by atoms with Crippen LogP contribution in [0.25, 0.3) is 0 Å². The van der Waals surface area contributed by atoms with Gasteiger partial charge in [0.05, 0.1) is 5.56 Å². The van der Waals surface area contributed by atoms with Gasteiger partial charge in [-0.25, -0.2) is 4.79 Å². The van der Waals surface area contributed by atoms with Crippen LogP contribution in [0, 0.1) is 12.8 Å². The van der Waals surface area contributed by atoms with Crippen molar-refractivity contribution in [2.45, 2.75) is 59.1 Å². The van der Waals surface area contributed by atoms with Crippen molar-refractivity contribution < 1.29 is 14.3 Å². The normalized spacial score (nSPS) is 19.7. The van der Waals surface area contributed by atoms with Gasteiger partial charge in [0, 0.05) is 31.0 Å². The average Bonchev–Trinajstić information content (AvgIpc) is 2.90. The molecule has 2 atom stereocenters. The Morgan fingerprint density at radius 1 is 1.42 bits per heavy atom. The van der Waals surface area contributed by atoms with Gasteiger partial charge < -0.3 is 19.9 Å². The summed E-state index contributed by atoms with van der Waals surface area (Å²) in [5.74, 6) is 0.289. The first-order chi connectivity index (χ1) is 11.2. The minimum absolute atomic E-state index is 0.0391. The second kappa shape index (κ2) is 7.28. The molecule has 1 saturated heterocycles. The summed E-state index contributed by atoms with van der Waals surface area (Å²) < 4.78 is 5.31. The van der Waals surface area contributed by atoms with Gasteiger partial charge in [0.15, 0.2) is 0 Å². The van der Waals surface area contributed by atoms with Crippen molar-refractivity contribution in [3.05, 3.63) is 23.5 Å². The Morgan fingerprint density at radius 3 is 2.71 bits per heavy atom. The Kier molecular flexibility index (Phi) is 5.57. The maximum atomic E-state index is 12.7. The molecule has 1 aromatic heterocycles. The monoisotopic (exact) mass is 335 g/mol. The highest BCUT2D eigenvalue weighted by Crippen LogP contribution is 2.22. The fraction of sp³-hybridized carbons (Fsp3) is 0.667. The summed E-state index contributed by atoms with van der Waals surface area (Å²) in [6, 6.07) is 1.78. The molecule has 0 spiro atoms. The van der Waals surface area contributed by atoms with E-state index in [4.69, 9.17) is 4.74 Å². The fourth-order valence-electron chi connectivity index (χ4n) is 3.07. The van der Waals surface area contributed by atoms with E-state index in [1.54, 1.807) is 6.20 Å². The highest BCUT2D eigenvalue weighted by molar-refractivity contribution is 5.95. The van der Waals surface area contributed by atoms with Crippen molar-refractivity contribution in [3.63, 3.8) is 0 Å². The average molecular weight is 335 g/mol. The molecule has 1 fully saturated rings. The van der Waals surface area contributed by atoms with E-state index in [1.165, 1.54) is 0 Å². The number of carbonyl (C=O) groups excluding carboxylic acids is 2. The van der Waals surface area contributed by atoms with Crippen LogP contribution in [0.3, 0.4) is 0 Å². The zero-order chi connectivity index (χ0) is 17.9. The van der Waals surface area contributed by atoms with Crippen molar-refractivity contribution >= 4 is 12.0 Å². The molecular weight excluding hydrogens is 306 g/mol. The summed E-state index contributed by atoms with van der Waals surface area (Å²) in [5.41, 5.74) is 1.11. The van der Waals surface area contributed by atoms with Crippen LogP contribution >= 0.6 is 0 Å². The standard InChI is InChI=1S/C18H29N3O3/c1-12(20-17(23)24-18(3,4)5)14-7-6-10-21(11-14)16(22)15-8-9-19-13(15)2/h8-9,12,14,19H,6-7,10-11H2,1-5H3,(H,20,23)/t12-,14+/m1/s1. The number of H-pyrrole nitrogens is 1. The van der Waals surface area contributed by atoms with Gasteiger partial charge in [-0.3, -0.25) is 4.79 Å². The number of nitrogens with one attached hydrogen (secondary N) is 2. The molecule has 0 aromatic carbocycles. The minimum atomic E-state index is -0.510. The van der Waals surface area contributed by atoms with E-state index < -0.39 is 11.7 Å². The van der Waals surface area contributed by atoms with Gasteiger partial charge in [-0.05, 0) is 59.4 Å². The Labute approximate surface area is 143 Å². The first kappa shape index (κ1) is 18.4. The molecule has 2 heterocycles. The molecule has 1 aromatic rings. The molecule has 2 rings (SSSR count). The van der Waals surface area contributed by atoms with E-state index in [0.717, 1.165) is 30.6 Å². The minimum Gasteiger partial charge on any atom is -0.444 e. The molecule has 0 saturated carbocycles. The first-order valence-electron chi connectivity index (χ1n) is 8.60. The summed E-state index contributed by atoms with van der Waals surface area (Å²) in [7, 11) is 0. The third-order valence-electron chi connectivity index (χ3n) is 4.38. The maximum Gasteiger partial charge on any atom is 0.407 e. The zero-order valence-corrected chi connectivity index (χ0v) is 15.3. The lowest BCUT2D eigenvalue weighted by Gasteiger charge is -2.36. The Morgan fingerprint density at radius 2 is 2.12 bits per heavy atom. The van der Waals surface area contributed by atoms with Crippen LogP contribution in [0.5, 0.6) is 0 Å². The molecule has 6 nitrogen and oxygen atoms in total. The number of likely N-dealkylation sites (tertiary alicyclic amines) is 1. The van der Waals surface area contributed by atoms with E-state index in [0.29, 0.717) is 6.54 Å². The highest BCUT2D eigenvalue weighted by atomic mass is 16.6. The van der Waals surface area contributed by atoms with E-state index in [1.807, 2.05) is 45.6 Å². The molecule has 0 aliphatic carbocycles. The quantitative estimate of drug-likeness (QED) is 0.891. The molecule has 134 valence electrons. The number of aromatic amines is 1. The van der Waals surface area contributed by atoms with Crippen LogP contribution in [0.15, 0.2) is 12.3 Å². The lowest BCUT2D eigenvalue weighted by molar-refractivity contribution is 0.0460. The number of aryl methyl sites for hydroxylation is 1. The fourth-order valence-corrected chi connectivity index (χ4v) is 3.07.